The van der Waals surface area contributed by atoms with E-state index < -0.39 is 0 Å². The van der Waals surface area contributed by atoms with Gasteiger partial charge in [-0.3, -0.25) is 0 Å². The molecule has 0 aliphatic heterocycles. The normalized spacial score (nSPS) is 23.7. The van der Waals surface area contributed by atoms with E-state index in [4.69, 9.17) is 4.42 Å². The molecule has 1 aromatic rings. The molecule has 1 fully saturated rings. The van der Waals surface area contributed by atoms with Gasteiger partial charge in [-0.2, -0.15) is 0 Å². The largest absolute Gasteiger partial charge is 0.465 e. The van der Waals surface area contributed by atoms with Crippen molar-refractivity contribution in [3.05, 3.63) is 22.6 Å². The van der Waals surface area contributed by atoms with Gasteiger partial charge in [0.05, 0.1) is 0 Å². The smallest absolute Gasteiger partial charge is 0.110 e. The molecule has 1 nitrogen and oxygen atoms in total. The Morgan fingerprint density at radius 2 is 1.13 bits per heavy atom. The zero-order valence-electron chi connectivity index (χ0n) is 22.8. The molecule has 0 amide bonds. The Kier molecular flexibility index (Phi) is 9.78. The molecule has 2 rings (SSSR count). The SMILES string of the molecule is CC(C)c1oc(C(C)CCCC2CC(C(C)C)CC(C(C)C)C2)c(C(C)C)c1C(C)C. The molecule has 0 saturated heterocycles. The number of hydrogen-bond donors (Lipinski definition) is 0. The zero-order valence-corrected chi connectivity index (χ0v) is 22.8. The molecule has 31 heavy (non-hydrogen) atoms. The van der Waals surface area contributed by atoms with Gasteiger partial charge in [0.25, 0.3) is 0 Å². The topological polar surface area (TPSA) is 13.1 Å². The van der Waals surface area contributed by atoms with Crippen LogP contribution < -0.4 is 0 Å². The lowest BCUT2D eigenvalue weighted by Gasteiger charge is -2.39. The summed E-state index contributed by atoms with van der Waals surface area (Å²) in [4.78, 5) is 0. The van der Waals surface area contributed by atoms with E-state index in [1.807, 2.05) is 0 Å². The average molecular weight is 431 g/mol. The van der Waals surface area contributed by atoms with Crippen LogP contribution in [0.25, 0.3) is 0 Å². The maximum atomic E-state index is 6.63. The molecule has 3 unspecified atom stereocenters. The lowest BCUT2D eigenvalue weighted by atomic mass is 9.67. The third kappa shape index (κ3) is 6.64. The summed E-state index contributed by atoms with van der Waals surface area (Å²) in [7, 11) is 0. The van der Waals surface area contributed by atoms with Gasteiger partial charge < -0.3 is 4.42 Å². The molecule has 0 radical (unpaired) electrons. The van der Waals surface area contributed by atoms with Gasteiger partial charge in [-0.1, -0.05) is 89.0 Å². The van der Waals surface area contributed by atoms with Crippen molar-refractivity contribution in [2.45, 2.75) is 138 Å². The van der Waals surface area contributed by atoms with E-state index in [9.17, 15) is 0 Å². The van der Waals surface area contributed by atoms with Gasteiger partial charge in [-0.05, 0) is 67.1 Å². The van der Waals surface area contributed by atoms with Gasteiger partial charge in [0.1, 0.15) is 11.5 Å². The number of rotatable bonds is 10. The van der Waals surface area contributed by atoms with Gasteiger partial charge in [0.15, 0.2) is 0 Å². The Morgan fingerprint density at radius 3 is 1.55 bits per heavy atom. The van der Waals surface area contributed by atoms with Gasteiger partial charge in [-0.25, -0.2) is 0 Å². The summed E-state index contributed by atoms with van der Waals surface area (Å²) in [6.07, 6.45) is 8.39. The van der Waals surface area contributed by atoms with Gasteiger partial charge in [0.2, 0.25) is 0 Å². The summed E-state index contributed by atoms with van der Waals surface area (Å²) in [5.41, 5.74) is 3.02. The second-order valence-electron chi connectivity index (χ2n) is 12.5. The Balaban J connectivity index is 2.09. The molecule has 0 bridgehead atoms. The van der Waals surface area contributed by atoms with Crippen LogP contribution >= 0.6 is 0 Å². The van der Waals surface area contributed by atoms with Crippen molar-refractivity contribution < 1.29 is 4.42 Å². The van der Waals surface area contributed by atoms with Crippen molar-refractivity contribution in [3.63, 3.8) is 0 Å². The highest BCUT2D eigenvalue weighted by Crippen LogP contribution is 2.44. The lowest BCUT2D eigenvalue weighted by molar-refractivity contribution is 0.120. The highest BCUT2D eigenvalue weighted by molar-refractivity contribution is 5.41. The van der Waals surface area contributed by atoms with Crippen molar-refractivity contribution in [2.75, 3.05) is 0 Å². The summed E-state index contributed by atoms with van der Waals surface area (Å²) >= 11 is 0. The van der Waals surface area contributed by atoms with Crippen LogP contribution in [0.4, 0.5) is 0 Å². The second kappa shape index (κ2) is 11.4. The summed E-state index contributed by atoms with van der Waals surface area (Å²) < 4.78 is 6.63. The Bertz CT molecular complexity index is 644. The van der Waals surface area contributed by atoms with Crippen molar-refractivity contribution >= 4 is 0 Å². The molecule has 180 valence electrons. The summed E-state index contributed by atoms with van der Waals surface area (Å²) in [5.74, 6) is 9.05. The first-order chi connectivity index (χ1) is 14.4. The predicted octanol–water partition coefficient (Wildman–Crippen LogP) is 10.3. The van der Waals surface area contributed by atoms with E-state index in [-0.39, 0.29) is 0 Å². The molecule has 0 N–H and O–H groups in total. The fraction of sp³-hybridized carbons (Fsp3) is 0.867. The van der Waals surface area contributed by atoms with Crippen LogP contribution in [0, 0.1) is 29.6 Å². The maximum absolute atomic E-state index is 6.63. The first-order valence-electron chi connectivity index (χ1n) is 13.6. The fourth-order valence-corrected chi connectivity index (χ4v) is 6.18. The Morgan fingerprint density at radius 1 is 0.645 bits per heavy atom. The summed E-state index contributed by atoms with van der Waals surface area (Å²) in [6.45, 7) is 26.1. The third-order valence-corrected chi connectivity index (χ3v) is 8.18. The molecule has 1 aliphatic carbocycles. The van der Waals surface area contributed by atoms with Crippen LogP contribution in [0.2, 0.25) is 0 Å². The monoisotopic (exact) mass is 430 g/mol. The highest BCUT2D eigenvalue weighted by atomic mass is 16.3. The first kappa shape index (κ1) is 26.5. The molecule has 1 heterocycles. The summed E-state index contributed by atoms with van der Waals surface area (Å²) in [6, 6.07) is 0. The van der Waals surface area contributed by atoms with E-state index >= 15 is 0 Å². The van der Waals surface area contributed by atoms with Gasteiger partial charge >= 0.3 is 0 Å². The molecule has 1 heteroatoms. The summed E-state index contributed by atoms with van der Waals surface area (Å²) in [5, 5.41) is 0. The lowest BCUT2D eigenvalue weighted by Crippen LogP contribution is -2.28. The zero-order chi connectivity index (χ0) is 23.5. The Hall–Kier alpha value is -0.720. The molecule has 3 atom stereocenters. The maximum Gasteiger partial charge on any atom is 0.110 e. The predicted molar refractivity (Wildman–Crippen MR) is 137 cm³/mol. The minimum Gasteiger partial charge on any atom is -0.465 e. The van der Waals surface area contributed by atoms with Crippen molar-refractivity contribution in [3.8, 4) is 0 Å². The molecule has 0 aromatic carbocycles. The van der Waals surface area contributed by atoms with Crippen molar-refractivity contribution in [2.24, 2.45) is 29.6 Å². The number of furan rings is 1. The average Bonchev–Trinajstić information content (AvgIpc) is 3.09. The molecule has 1 saturated carbocycles. The van der Waals surface area contributed by atoms with Crippen LogP contribution in [0.3, 0.4) is 0 Å². The van der Waals surface area contributed by atoms with Crippen LogP contribution in [0.5, 0.6) is 0 Å². The van der Waals surface area contributed by atoms with Crippen molar-refractivity contribution in [1.29, 1.82) is 0 Å². The van der Waals surface area contributed by atoms with E-state index in [2.05, 4.69) is 76.2 Å². The minimum absolute atomic E-state index is 0.457. The van der Waals surface area contributed by atoms with Gasteiger partial charge in [-0.15, -0.1) is 0 Å². The quantitative estimate of drug-likeness (QED) is 0.360. The molecule has 0 spiro atoms. The third-order valence-electron chi connectivity index (χ3n) is 8.18. The first-order valence-corrected chi connectivity index (χ1v) is 13.6. The van der Waals surface area contributed by atoms with Crippen LogP contribution in [-0.2, 0) is 0 Å². The Labute approximate surface area is 195 Å². The highest BCUT2D eigenvalue weighted by Gasteiger charge is 2.32. The molecule has 1 aliphatic rings. The number of hydrogen-bond acceptors (Lipinski definition) is 1. The standard InChI is InChI=1S/C30H54O/c1-18(2)25-15-24(16-26(17-25)19(3)4)14-12-13-23(11)30-28(21(7)8)27(20(5)6)29(31-30)22(9)10/h18-26H,12-17H2,1-11H3. The minimum atomic E-state index is 0.457. The van der Waals surface area contributed by atoms with E-state index in [0.717, 1.165) is 29.6 Å². The van der Waals surface area contributed by atoms with E-state index in [1.165, 1.54) is 61.2 Å². The van der Waals surface area contributed by atoms with Crippen LogP contribution in [0.1, 0.15) is 161 Å². The fourth-order valence-electron chi connectivity index (χ4n) is 6.18. The van der Waals surface area contributed by atoms with Crippen LogP contribution in [-0.4, -0.2) is 0 Å². The molecular formula is C30H54O. The molecule has 1 aromatic heterocycles. The van der Waals surface area contributed by atoms with Crippen LogP contribution in [0.15, 0.2) is 4.42 Å². The van der Waals surface area contributed by atoms with E-state index in [1.54, 1.807) is 0 Å². The molecular weight excluding hydrogens is 376 g/mol. The van der Waals surface area contributed by atoms with Crippen molar-refractivity contribution in [1.82, 2.24) is 0 Å². The van der Waals surface area contributed by atoms with Gasteiger partial charge in [0, 0.05) is 23.0 Å². The van der Waals surface area contributed by atoms with E-state index in [0.29, 0.717) is 23.7 Å². The second-order valence-corrected chi connectivity index (χ2v) is 12.5.